The predicted molar refractivity (Wildman–Crippen MR) is 103 cm³/mol. The highest BCUT2D eigenvalue weighted by Gasteiger charge is 2.18. The Labute approximate surface area is 160 Å². The second-order valence-corrected chi connectivity index (χ2v) is 6.73. The maximum Gasteiger partial charge on any atom is 0.321 e. The molecule has 1 fully saturated rings. The summed E-state index contributed by atoms with van der Waals surface area (Å²) in [5.74, 6) is 0.268. The fraction of sp³-hybridized carbons (Fsp3) is 0.263. The number of nitro groups is 1. The van der Waals surface area contributed by atoms with Gasteiger partial charge in [0.15, 0.2) is 5.82 Å². The summed E-state index contributed by atoms with van der Waals surface area (Å²) in [4.78, 5) is 28.8. The Bertz CT molecular complexity index is 1040. The van der Waals surface area contributed by atoms with Gasteiger partial charge in [0, 0.05) is 36.5 Å². The third-order valence-electron chi connectivity index (χ3n) is 4.86. The number of anilines is 1. The van der Waals surface area contributed by atoms with Gasteiger partial charge < -0.3 is 15.4 Å². The van der Waals surface area contributed by atoms with Crippen molar-refractivity contribution >= 4 is 28.4 Å². The second kappa shape index (κ2) is 7.18. The number of imidazole rings is 1. The normalized spacial score (nSPS) is 14.2. The van der Waals surface area contributed by atoms with Gasteiger partial charge in [0.2, 0.25) is 0 Å². The van der Waals surface area contributed by atoms with Crippen molar-refractivity contribution in [2.24, 2.45) is 0 Å². The molecule has 0 unspecified atom stereocenters. The number of nitrogens with zero attached hydrogens (tertiary/aromatic N) is 4. The molecule has 4 rings (SSSR count). The van der Waals surface area contributed by atoms with Crippen LogP contribution in [-0.4, -0.2) is 43.9 Å². The van der Waals surface area contributed by atoms with E-state index in [9.17, 15) is 20.1 Å². The molecule has 1 aliphatic rings. The summed E-state index contributed by atoms with van der Waals surface area (Å²) in [5.41, 5.74) is 1.86. The smallest absolute Gasteiger partial charge is 0.321 e. The Balaban J connectivity index is 1.56. The summed E-state index contributed by atoms with van der Waals surface area (Å²) in [6, 6.07) is 10.9. The van der Waals surface area contributed by atoms with E-state index in [1.807, 2.05) is 0 Å². The monoisotopic (exact) mass is 381 g/mol. The fourth-order valence-corrected chi connectivity index (χ4v) is 3.35. The highest BCUT2D eigenvalue weighted by atomic mass is 16.6. The van der Waals surface area contributed by atoms with Gasteiger partial charge in [0.25, 0.3) is 5.69 Å². The summed E-state index contributed by atoms with van der Waals surface area (Å²) in [5, 5.41) is 24.2. The number of likely N-dealkylation sites (tertiary alicyclic amines) is 1. The average molecular weight is 381 g/mol. The van der Waals surface area contributed by atoms with Gasteiger partial charge in [-0.15, -0.1) is 0 Å². The zero-order chi connectivity index (χ0) is 19.7. The lowest BCUT2D eigenvalue weighted by Crippen LogP contribution is -2.38. The van der Waals surface area contributed by atoms with E-state index in [0.29, 0.717) is 16.8 Å². The van der Waals surface area contributed by atoms with E-state index in [0.717, 1.165) is 37.1 Å². The van der Waals surface area contributed by atoms with E-state index < -0.39 is 4.92 Å². The molecule has 9 heteroatoms. The highest BCUT2D eigenvalue weighted by molar-refractivity contribution is 5.90. The lowest BCUT2D eigenvalue weighted by molar-refractivity contribution is -0.384. The first-order valence-electron chi connectivity index (χ1n) is 9.05. The summed E-state index contributed by atoms with van der Waals surface area (Å²) in [6.07, 6.45) is 3.21. The molecule has 144 valence electrons. The van der Waals surface area contributed by atoms with Crippen LogP contribution in [0, 0.1) is 10.1 Å². The number of hydrogen-bond donors (Lipinski definition) is 2. The van der Waals surface area contributed by atoms with Crippen molar-refractivity contribution in [3.63, 3.8) is 0 Å². The molecule has 2 heterocycles. The van der Waals surface area contributed by atoms with Crippen molar-refractivity contribution in [3.8, 4) is 11.4 Å². The number of aromatic nitrogens is 2. The number of fused-ring (bicyclic) bond motifs is 1. The van der Waals surface area contributed by atoms with Gasteiger partial charge in [0.1, 0.15) is 5.52 Å². The number of non-ortho nitro benzene ring substituents is 1. The van der Waals surface area contributed by atoms with Crippen molar-refractivity contribution < 1.29 is 14.9 Å². The van der Waals surface area contributed by atoms with Gasteiger partial charge in [0.05, 0.1) is 10.4 Å². The molecule has 1 saturated heterocycles. The molecule has 0 spiro atoms. The molecule has 0 atom stereocenters. The summed E-state index contributed by atoms with van der Waals surface area (Å²) in [7, 11) is 0. The summed E-state index contributed by atoms with van der Waals surface area (Å²) >= 11 is 0. The van der Waals surface area contributed by atoms with Crippen LogP contribution >= 0.6 is 0 Å². The first-order valence-corrected chi connectivity index (χ1v) is 9.05. The number of nitro benzene ring substituents is 1. The average Bonchev–Trinajstić information content (AvgIpc) is 3.05. The Morgan fingerprint density at radius 3 is 2.50 bits per heavy atom. The van der Waals surface area contributed by atoms with E-state index in [1.54, 1.807) is 29.2 Å². The molecule has 2 N–H and O–H groups in total. The number of hydrogen-bond acceptors (Lipinski definition) is 5. The maximum atomic E-state index is 12.3. The van der Waals surface area contributed by atoms with Gasteiger partial charge in [-0.3, -0.25) is 10.1 Å². The number of nitrogens with one attached hydrogen (secondary N) is 1. The SMILES string of the molecule is O=C(Nc1ccc(-c2nc3ccc([N+](=O)[O-])cc3n2O)cc1)N1CCCCC1. The minimum Gasteiger partial charge on any atom is -0.426 e. The molecule has 9 nitrogen and oxygen atoms in total. The van der Waals surface area contributed by atoms with E-state index in [-0.39, 0.29) is 23.1 Å². The van der Waals surface area contributed by atoms with Crippen molar-refractivity contribution in [3.05, 3.63) is 52.6 Å². The van der Waals surface area contributed by atoms with E-state index >= 15 is 0 Å². The Morgan fingerprint density at radius 1 is 1.11 bits per heavy atom. The molecular formula is C19H19N5O4. The number of urea groups is 1. The Kier molecular flexibility index (Phi) is 4.56. The molecule has 3 aromatic rings. The largest absolute Gasteiger partial charge is 0.426 e. The van der Waals surface area contributed by atoms with Crippen LogP contribution in [0.4, 0.5) is 16.2 Å². The lowest BCUT2D eigenvalue weighted by atomic mass is 10.1. The minimum absolute atomic E-state index is 0.117. The maximum absolute atomic E-state index is 12.3. The van der Waals surface area contributed by atoms with Crippen LogP contribution in [0.1, 0.15) is 19.3 Å². The topological polar surface area (TPSA) is 114 Å². The number of benzene rings is 2. The second-order valence-electron chi connectivity index (χ2n) is 6.73. The molecule has 0 bridgehead atoms. The Hall–Kier alpha value is -3.62. The number of carbonyl (C=O) groups excluding carboxylic acids is 1. The van der Waals surface area contributed by atoms with Crippen LogP contribution in [0.25, 0.3) is 22.4 Å². The quantitative estimate of drug-likeness (QED) is 0.406. The van der Waals surface area contributed by atoms with Crippen molar-refractivity contribution in [1.82, 2.24) is 14.6 Å². The zero-order valence-corrected chi connectivity index (χ0v) is 15.0. The van der Waals surface area contributed by atoms with Crippen molar-refractivity contribution in [2.45, 2.75) is 19.3 Å². The molecule has 0 aliphatic carbocycles. The molecule has 0 saturated carbocycles. The molecule has 2 aromatic carbocycles. The molecule has 1 aliphatic heterocycles. The molecule has 1 aromatic heterocycles. The molecule has 2 amide bonds. The van der Waals surface area contributed by atoms with Crippen LogP contribution in [0.5, 0.6) is 0 Å². The van der Waals surface area contributed by atoms with E-state index in [4.69, 9.17) is 0 Å². The van der Waals surface area contributed by atoms with Crippen LogP contribution < -0.4 is 5.32 Å². The summed E-state index contributed by atoms with van der Waals surface area (Å²) in [6.45, 7) is 1.54. The standard InChI is InChI=1S/C19H19N5O4/c25-19(22-10-2-1-3-11-22)20-14-6-4-13(5-7-14)18-21-16-9-8-15(24(27)28)12-17(16)23(18)26/h4-9,12,26H,1-3,10-11H2,(H,20,25). The molecular weight excluding hydrogens is 362 g/mol. The third-order valence-corrected chi connectivity index (χ3v) is 4.86. The highest BCUT2D eigenvalue weighted by Crippen LogP contribution is 2.27. The zero-order valence-electron chi connectivity index (χ0n) is 15.0. The van der Waals surface area contributed by atoms with E-state index in [1.165, 1.54) is 18.2 Å². The molecule has 28 heavy (non-hydrogen) atoms. The van der Waals surface area contributed by atoms with Crippen molar-refractivity contribution in [1.29, 1.82) is 0 Å². The third kappa shape index (κ3) is 3.34. The summed E-state index contributed by atoms with van der Waals surface area (Å²) < 4.78 is 0.837. The number of amides is 2. The van der Waals surface area contributed by atoms with Gasteiger partial charge in [-0.05, 0) is 49.6 Å². The van der Waals surface area contributed by atoms with Crippen LogP contribution in [-0.2, 0) is 0 Å². The van der Waals surface area contributed by atoms with Gasteiger partial charge in [-0.25, -0.2) is 9.78 Å². The van der Waals surface area contributed by atoms with Gasteiger partial charge in [-0.1, -0.05) is 0 Å². The number of rotatable bonds is 3. The van der Waals surface area contributed by atoms with Crippen LogP contribution in [0.3, 0.4) is 0 Å². The molecule has 0 radical (unpaired) electrons. The lowest BCUT2D eigenvalue weighted by Gasteiger charge is -2.26. The Morgan fingerprint density at radius 2 is 1.82 bits per heavy atom. The minimum atomic E-state index is -0.522. The number of piperidine rings is 1. The van der Waals surface area contributed by atoms with E-state index in [2.05, 4.69) is 10.3 Å². The number of carbonyl (C=O) groups is 1. The fourth-order valence-electron chi connectivity index (χ4n) is 3.35. The van der Waals surface area contributed by atoms with Gasteiger partial charge >= 0.3 is 6.03 Å². The first kappa shape index (κ1) is 17.8. The van der Waals surface area contributed by atoms with Crippen LogP contribution in [0.2, 0.25) is 0 Å². The van der Waals surface area contributed by atoms with Gasteiger partial charge in [-0.2, -0.15) is 4.73 Å². The van der Waals surface area contributed by atoms with Crippen LogP contribution in [0.15, 0.2) is 42.5 Å². The first-order chi connectivity index (χ1) is 13.5. The predicted octanol–water partition coefficient (Wildman–Crippen LogP) is 3.87. The van der Waals surface area contributed by atoms with Crippen molar-refractivity contribution in [2.75, 3.05) is 18.4 Å².